The van der Waals surface area contributed by atoms with Crippen molar-refractivity contribution in [1.82, 2.24) is 0 Å². The lowest BCUT2D eigenvalue weighted by Crippen LogP contribution is -2.25. The first-order valence-electron chi connectivity index (χ1n) is 5.37. The molecular formula is C12H22O3. The maximum Gasteiger partial charge on any atom is 0.308 e. The van der Waals surface area contributed by atoms with Crippen LogP contribution >= 0.6 is 0 Å². The summed E-state index contributed by atoms with van der Waals surface area (Å²) < 4.78 is 4.53. The molecule has 0 radical (unpaired) electrons. The molecule has 0 spiro atoms. The molecule has 3 heteroatoms. The summed E-state index contributed by atoms with van der Waals surface area (Å²) in [4.78, 5) is 11.0. The minimum absolute atomic E-state index is 0.0712. The van der Waals surface area contributed by atoms with Crippen LogP contribution in [-0.2, 0) is 9.53 Å². The van der Waals surface area contributed by atoms with Crippen molar-refractivity contribution in [2.24, 2.45) is 11.8 Å². The van der Waals surface area contributed by atoms with E-state index in [1.165, 1.54) is 7.11 Å². The Balaban J connectivity index is 4.20. The van der Waals surface area contributed by atoms with Gasteiger partial charge in [-0.3, -0.25) is 4.79 Å². The lowest BCUT2D eigenvalue weighted by Gasteiger charge is -2.22. The highest BCUT2D eigenvalue weighted by Gasteiger charge is 2.22. The molecule has 0 aromatic carbocycles. The molecule has 0 aliphatic carbocycles. The summed E-state index contributed by atoms with van der Waals surface area (Å²) in [6.45, 7) is 7.86. The summed E-state index contributed by atoms with van der Waals surface area (Å²) >= 11 is 0. The van der Waals surface area contributed by atoms with Gasteiger partial charge in [-0.1, -0.05) is 19.9 Å². The third-order valence-corrected chi connectivity index (χ3v) is 2.39. The Labute approximate surface area is 92.1 Å². The number of esters is 1. The van der Waals surface area contributed by atoms with Crippen LogP contribution < -0.4 is 0 Å². The molecule has 15 heavy (non-hydrogen) atoms. The van der Waals surface area contributed by atoms with Crippen LogP contribution in [0.4, 0.5) is 0 Å². The van der Waals surface area contributed by atoms with E-state index in [0.29, 0.717) is 5.92 Å². The van der Waals surface area contributed by atoms with Gasteiger partial charge in [-0.15, -0.1) is 6.58 Å². The van der Waals surface area contributed by atoms with E-state index in [-0.39, 0.29) is 18.3 Å². The molecule has 0 fully saturated rings. The molecule has 3 nitrogen and oxygen atoms in total. The molecule has 0 aliphatic heterocycles. The number of methoxy groups -OCH3 is 1. The van der Waals surface area contributed by atoms with Crippen molar-refractivity contribution >= 4 is 5.97 Å². The summed E-state index contributed by atoms with van der Waals surface area (Å²) in [6.07, 6.45) is 2.85. The Kier molecular flexibility index (Phi) is 7.05. The standard InChI is InChI=1S/C12H22O3/c1-5-6-10(7-9(2)3)11(13)8-12(14)15-4/h5,9-11,13H,1,6-8H2,2-4H3. The zero-order valence-electron chi connectivity index (χ0n) is 9.90. The Hall–Kier alpha value is -0.830. The Morgan fingerprint density at radius 1 is 1.53 bits per heavy atom. The molecule has 0 rings (SSSR count). The van der Waals surface area contributed by atoms with Crippen LogP contribution in [0.2, 0.25) is 0 Å². The molecule has 2 unspecified atom stereocenters. The molecule has 2 atom stereocenters. The van der Waals surface area contributed by atoms with Crippen molar-refractivity contribution in [2.75, 3.05) is 7.11 Å². The number of carbonyl (C=O) groups excluding carboxylic acids is 1. The first-order valence-corrected chi connectivity index (χ1v) is 5.37. The number of aliphatic hydroxyl groups is 1. The van der Waals surface area contributed by atoms with Crippen molar-refractivity contribution < 1.29 is 14.6 Å². The van der Waals surface area contributed by atoms with Gasteiger partial charge in [0.05, 0.1) is 19.6 Å². The second-order valence-corrected chi connectivity index (χ2v) is 4.26. The predicted octanol–water partition coefficient (Wildman–Crippen LogP) is 2.15. The molecule has 0 aromatic rings. The van der Waals surface area contributed by atoms with Crippen LogP contribution in [0.5, 0.6) is 0 Å². The Morgan fingerprint density at radius 3 is 2.53 bits per heavy atom. The SMILES string of the molecule is C=CCC(CC(C)C)C(O)CC(=O)OC. The minimum atomic E-state index is -0.627. The lowest BCUT2D eigenvalue weighted by atomic mass is 9.88. The van der Waals surface area contributed by atoms with E-state index in [0.717, 1.165) is 12.8 Å². The van der Waals surface area contributed by atoms with Gasteiger partial charge < -0.3 is 9.84 Å². The van der Waals surface area contributed by atoms with E-state index in [9.17, 15) is 9.90 Å². The van der Waals surface area contributed by atoms with Crippen LogP contribution in [0.3, 0.4) is 0 Å². The van der Waals surface area contributed by atoms with Gasteiger partial charge in [-0.25, -0.2) is 0 Å². The van der Waals surface area contributed by atoms with Crippen LogP contribution in [-0.4, -0.2) is 24.3 Å². The highest BCUT2D eigenvalue weighted by molar-refractivity contribution is 5.69. The maximum atomic E-state index is 11.0. The zero-order chi connectivity index (χ0) is 11.8. The summed E-state index contributed by atoms with van der Waals surface area (Å²) in [5.41, 5.74) is 0. The van der Waals surface area contributed by atoms with Gasteiger partial charge >= 0.3 is 5.97 Å². The fourth-order valence-electron chi connectivity index (χ4n) is 1.65. The molecule has 0 saturated carbocycles. The van der Waals surface area contributed by atoms with Gasteiger partial charge in [-0.05, 0) is 24.7 Å². The molecule has 0 heterocycles. The van der Waals surface area contributed by atoms with Crippen LogP contribution in [0.15, 0.2) is 12.7 Å². The molecule has 0 bridgehead atoms. The summed E-state index contributed by atoms with van der Waals surface area (Å²) in [5, 5.41) is 9.84. The summed E-state index contributed by atoms with van der Waals surface area (Å²) in [5.74, 6) is 0.240. The molecule has 0 saturated heterocycles. The first kappa shape index (κ1) is 14.2. The number of ether oxygens (including phenoxy) is 1. The molecular weight excluding hydrogens is 192 g/mol. The van der Waals surface area contributed by atoms with Gasteiger partial charge in [-0.2, -0.15) is 0 Å². The van der Waals surface area contributed by atoms with E-state index < -0.39 is 6.10 Å². The van der Waals surface area contributed by atoms with Gasteiger partial charge in [0.15, 0.2) is 0 Å². The highest BCUT2D eigenvalue weighted by atomic mass is 16.5. The smallest absolute Gasteiger partial charge is 0.308 e. The number of allylic oxidation sites excluding steroid dienone is 1. The monoisotopic (exact) mass is 214 g/mol. The van der Waals surface area contributed by atoms with Crippen LogP contribution in [0.1, 0.15) is 33.1 Å². The van der Waals surface area contributed by atoms with Crippen molar-refractivity contribution in [3.8, 4) is 0 Å². The van der Waals surface area contributed by atoms with Gasteiger partial charge in [0.1, 0.15) is 0 Å². The van der Waals surface area contributed by atoms with Crippen molar-refractivity contribution in [1.29, 1.82) is 0 Å². The predicted molar refractivity (Wildman–Crippen MR) is 60.4 cm³/mol. The lowest BCUT2D eigenvalue weighted by molar-refractivity contribution is -0.143. The normalized spacial score (nSPS) is 14.7. The van der Waals surface area contributed by atoms with Gasteiger partial charge in [0.2, 0.25) is 0 Å². The first-order chi connectivity index (χ1) is 7.01. The highest BCUT2D eigenvalue weighted by Crippen LogP contribution is 2.21. The van der Waals surface area contributed by atoms with Crippen LogP contribution in [0, 0.1) is 11.8 Å². The van der Waals surface area contributed by atoms with E-state index in [4.69, 9.17) is 0 Å². The van der Waals surface area contributed by atoms with Gasteiger partial charge in [0.25, 0.3) is 0 Å². The third-order valence-electron chi connectivity index (χ3n) is 2.39. The van der Waals surface area contributed by atoms with Crippen molar-refractivity contribution in [2.45, 2.75) is 39.2 Å². The molecule has 0 amide bonds. The van der Waals surface area contributed by atoms with Crippen LogP contribution in [0.25, 0.3) is 0 Å². The molecule has 0 aromatic heterocycles. The Bertz CT molecular complexity index is 199. The van der Waals surface area contributed by atoms with Crippen molar-refractivity contribution in [3.05, 3.63) is 12.7 Å². The fourth-order valence-corrected chi connectivity index (χ4v) is 1.65. The number of aliphatic hydroxyl groups excluding tert-OH is 1. The number of rotatable bonds is 7. The summed E-state index contributed by atoms with van der Waals surface area (Å²) in [7, 11) is 1.33. The van der Waals surface area contributed by atoms with E-state index in [2.05, 4.69) is 25.2 Å². The van der Waals surface area contributed by atoms with E-state index in [1.54, 1.807) is 6.08 Å². The fraction of sp³-hybridized carbons (Fsp3) is 0.750. The maximum absolute atomic E-state index is 11.0. The average molecular weight is 214 g/mol. The van der Waals surface area contributed by atoms with E-state index in [1.807, 2.05) is 0 Å². The largest absolute Gasteiger partial charge is 0.469 e. The average Bonchev–Trinajstić information content (AvgIpc) is 2.16. The minimum Gasteiger partial charge on any atom is -0.469 e. The second kappa shape index (κ2) is 7.46. The zero-order valence-corrected chi connectivity index (χ0v) is 9.90. The summed E-state index contributed by atoms with van der Waals surface area (Å²) in [6, 6.07) is 0. The number of hydrogen-bond acceptors (Lipinski definition) is 3. The topological polar surface area (TPSA) is 46.5 Å². The quantitative estimate of drug-likeness (QED) is 0.522. The Morgan fingerprint density at radius 2 is 2.13 bits per heavy atom. The molecule has 1 N–H and O–H groups in total. The third kappa shape index (κ3) is 6.28. The second-order valence-electron chi connectivity index (χ2n) is 4.26. The number of hydrogen-bond donors (Lipinski definition) is 1. The molecule has 88 valence electrons. The van der Waals surface area contributed by atoms with Gasteiger partial charge in [0, 0.05) is 0 Å². The molecule has 0 aliphatic rings. The van der Waals surface area contributed by atoms with E-state index >= 15 is 0 Å². The van der Waals surface area contributed by atoms with Crippen molar-refractivity contribution in [3.63, 3.8) is 0 Å². The number of carbonyl (C=O) groups is 1.